The highest BCUT2D eigenvalue weighted by Gasteiger charge is 2.22. The molecule has 2 fully saturated rings. The largest absolute Gasteiger partial charge is 0.354 e. The molecule has 0 aromatic rings. The van der Waals surface area contributed by atoms with Crippen LogP contribution in [0.5, 0.6) is 0 Å². The smallest absolute Gasteiger partial charge is 0.223 e. The van der Waals surface area contributed by atoms with E-state index < -0.39 is 0 Å². The minimum atomic E-state index is 0.281. The Labute approximate surface area is 95.8 Å². The highest BCUT2D eigenvalue weighted by atomic mass is 32.2. The van der Waals surface area contributed by atoms with Crippen molar-refractivity contribution in [3.8, 4) is 0 Å². The minimum absolute atomic E-state index is 0.281. The Bertz CT molecular complexity index is 211. The SMILES string of the molecule is O=C(NCC1CCCN1)C1CCSCC1. The molecule has 0 saturated carbocycles. The molecular weight excluding hydrogens is 208 g/mol. The second-order valence-corrected chi connectivity index (χ2v) is 5.65. The van der Waals surface area contributed by atoms with Gasteiger partial charge in [-0.2, -0.15) is 11.8 Å². The standard InChI is InChI=1S/C11H20N2OS/c14-11(9-3-6-15-7-4-9)13-8-10-2-1-5-12-10/h9-10,12H,1-8H2,(H,13,14). The van der Waals surface area contributed by atoms with E-state index in [1.165, 1.54) is 12.8 Å². The molecule has 0 aromatic heterocycles. The van der Waals surface area contributed by atoms with Crippen molar-refractivity contribution in [2.24, 2.45) is 5.92 Å². The molecule has 2 N–H and O–H groups in total. The normalized spacial score (nSPS) is 27.9. The molecule has 0 aromatic carbocycles. The van der Waals surface area contributed by atoms with Crippen LogP contribution >= 0.6 is 11.8 Å². The molecule has 0 radical (unpaired) electrons. The summed E-state index contributed by atoms with van der Waals surface area (Å²) in [6.45, 7) is 1.93. The Morgan fingerprint density at radius 1 is 1.33 bits per heavy atom. The first-order valence-corrected chi connectivity index (χ1v) is 7.10. The van der Waals surface area contributed by atoms with Crippen LogP contribution in [0, 0.1) is 5.92 Å². The van der Waals surface area contributed by atoms with Crippen LogP contribution < -0.4 is 10.6 Å². The van der Waals surface area contributed by atoms with Crippen LogP contribution in [0.15, 0.2) is 0 Å². The Morgan fingerprint density at radius 2 is 2.13 bits per heavy atom. The average Bonchev–Trinajstić information content (AvgIpc) is 2.80. The minimum Gasteiger partial charge on any atom is -0.354 e. The second-order valence-electron chi connectivity index (χ2n) is 4.43. The van der Waals surface area contributed by atoms with Crippen molar-refractivity contribution in [1.29, 1.82) is 0 Å². The van der Waals surface area contributed by atoms with E-state index in [0.717, 1.165) is 37.4 Å². The molecule has 1 atom stereocenters. The van der Waals surface area contributed by atoms with Crippen molar-refractivity contribution in [2.45, 2.75) is 31.7 Å². The number of carbonyl (C=O) groups excluding carboxylic acids is 1. The molecule has 2 saturated heterocycles. The van der Waals surface area contributed by atoms with Crippen LogP contribution in [-0.2, 0) is 4.79 Å². The van der Waals surface area contributed by atoms with E-state index in [1.807, 2.05) is 11.8 Å². The van der Waals surface area contributed by atoms with Crippen molar-refractivity contribution < 1.29 is 4.79 Å². The van der Waals surface area contributed by atoms with Crippen molar-refractivity contribution in [3.05, 3.63) is 0 Å². The van der Waals surface area contributed by atoms with Crippen LogP contribution in [0.4, 0.5) is 0 Å². The van der Waals surface area contributed by atoms with Crippen LogP contribution in [-0.4, -0.2) is 36.5 Å². The molecule has 2 rings (SSSR count). The van der Waals surface area contributed by atoms with Gasteiger partial charge in [0.15, 0.2) is 0 Å². The van der Waals surface area contributed by atoms with Crippen LogP contribution in [0.2, 0.25) is 0 Å². The summed E-state index contributed by atoms with van der Waals surface area (Å²) in [7, 11) is 0. The summed E-state index contributed by atoms with van der Waals surface area (Å²) in [6, 6.07) is 0.520. The van der Waals surface area contributed by atoms with Crippen molar-refractivity contribution in [3.63, 3.8) is 0 Å². The van der Waals surface area contributed by atoms with Gasteiger partial charge in [-0.15, -0.1) is 0 Å². The van der Waals surface area contributed by atoms with Gasteiger partial charge in [-0.25, -0.2) is 0 Å². The maximum atomic E-state index is 11.8. The summed E-state index contributed by atoms with van der Waals surface area (Å²) < 4.78 is 0. The lowest BCUT2D eigenvalue weighted by Crippen LogP contribution is -2.40. The first-order valence-electron chi connectivity index (χ1n) is 5.95. The summed E-state index contributed by atoms with van der Waals surface area (Å²) in [5.74, 6) is 2.87. The maximum absolute atomic E-state index is 11.8. The third-order valence-electron chi connectivity index (χ3n) is 3.28. The summed E-state index contributed by atoms with van der Waals surface area (Å²) in [5, 5.41) is 6.48. The van der Waals surface area contributed by atoms with Crippen LogP contribution in [0.1, 0.15) is 25.7 Å². The quantitative estimate of drug-likeness (QED) is 0.757. The van der Waals surface area contributed by atoms with Crippen molar-refractivity contribution in [1.82, 2.24) is 10.6 Å². The van der Waals surface area contributed by atoms with E-state index in [4.69, 9.17) is 0 Å². The lowest BCUT2D eigenvalue weighted by atomic mass is 10.0. The fraction of sp³-hybridized carbons (Fsp3) is 0.909. The number of nitrogens with one attached hydrogen (secondary N) is 2. The summed E-state index contributed by atoms with van der Waals surface area (Å²) in [5.41, 5.74) is 0. The summed E-state index contributed by atoms with van der Waals surface area (Å²) in [6.07, 6.45) is 4.59. The van der Waals surface area contributed by atoms with E-state index in [0.29, 0.717) is 6.04 Å². The fourth-order valence-electron chi connectivity index (χ4n) is 2.26. The molecule has 2 aliphatic rings. The predicted molar refractivity (Wildman–Crippen MR) is 64.1 cm³/mol. The number of thioether (sulfide) groups is 1. The summed E-state index contributed by atoms with van der Waals surface area (Å²) >= 11 is 1.97. The molecular formula is C11H20N2OS. The molecule has 0 spiro atoms. The Balaban J connectivity index is 1.66. The molecule has 3 nitrogen and oxygen atoms in total. The van der Waals surface area contributed by atoms with E-state index >= 15 is 0 Å². The second kappa shape index (κ2) is 5.75. The molecule has 86 valence electrons. The van der Waals surface area contributed by atoms with E-state index in [1.54, 1.807) is 0 Å². The zero-order valence-corrected chi connectivity index (χ0v) is 9.94. The lowest BCUT2D eigenvalue weighted by molar-refractivity contribution is -0.125. The number of rotatable bonds is 3. The average molecular weight is 228 g/mol. The first kappa shape index (κ1) is 11.3. The van der Waals surface area contributed by atoms with Crippen LogP contribution in [0.25, 0.3) is 0 Å². The van der Waals surface area contributed by atoms with Gasteiger partial charge in [0.2, 0.25) is 5.91 Å². The van der Waals surface area contributed by atoms with E-state index in [9.17, 15) is 4.79 Å². The van der Waals surface area contributed by atoms with Gasteiger partial charge in [0.25, 0.3) is 0 Å². The highest BCUT2D eigenvalue weighted by molar-refractivity contribution is 7.99. The molecule has 4 heteroatoms. The molecule has 0 aliphatic carbocycles. The number of carbonyl (C=O) groups is 1. The van der Waals surface area contributed by atoms with Gasteiger partial charge in [-0.05, 0) is 43.7 Å². The molecule has 15 heavy (non-hydrogen) atoms. The molecule has 2 heterocycles. The van der Waals surface area contributed by atoms with Crippen molar-refractivity contribution in [2.75, 3.05) is 24.6 Å². The van der Waals surface area contributed by atoms with E-state index in [-0.39, 0.29) is 11.8 Å². The molecule has 1 amide bonds. The molecule has 1 unspecified atom stereocenters. The zero-order chi connectivity index (χ0) is 10.5. The third kappa shape index (κ3) is 3.38. The Kier molecular flexibility index (Phi) is 4.32. The maximum Gasteiger partial charge on any atom is 0.223 e. The zero-order valence-electron chi connectivity index (χ0n) is 9.13. The van der Waals surface area contributed by atoms with Gasteiger partial charge in [0, 0.05) is 18.5 Å². The van der Waals surface area contributed by atoms with Crippen molar-refractivity contribution >= 4 is 17.7 Å². The summed E-state index contributed by atoms with van der Waals surface area (Å²) in [4.78, 5) is 11.8. The highest BCUT2D eigenvalue weighted by Crippen LogP contribution is 2.22. The lowest BCUT2D eigenvalue weighted by Gasteiger charge is -2.21. The Morgan fingerprint density at radius 3 is 2.80 bits per heavy atom. The third-order valence-corrected chi connectivity index (χ3v) is 4.33. The molecule has 2 aliphatic heterocycles. The van der Waals surface area contributed by atoms with E-state index in [2.05, 4.69) is 10.6 Å². The van der Waals surface area contributed by atoms with Gasteiger partial charge >= 0.3 is 0 Å². The van der Waals surface area contributed by atoms with Crippen LogP contribution in [0.3, 0.4) is 0 Å². The van der Waals surface area contributed by atoms with Gasteiger partial charge in [-0.1, -0.05) is 0 Å². The monoisotopic (exact) mass is 228 g/mol. The predicted octanol–water partition coefficient (Wildman–Crippen LogP) is 0.998. The topological polar surface area (TPSA) is 41.1 Å². The Hall–Kier alpha value is -0.220. The van der Waals surface area contributed by atoms with Gasteiger partial charge < -0.3 is 10.6 Å². The number of hydrogen-bond acceptors (Lipinski definition) is 3. The van der Waals surface area contributed by atoms with Gasteiger partial charge in [0.1, 0.15) is 0 Å². The number of amides is 1. The van der Waals surface area contributed by atoms with Gasteiger partial charge in [-0.3, -0.25) is 4.79 Å². The molecule has 0 bridgehead atoms. The fourth-order valence-corrected chi connectivity index (χ4v) is 3.37. The number of hydrogen-bond donors (Lipinski definition) is 2. The van der Waals surface area contributed by atoms with Gasteiger partial charge in [0.05, 0.1) is 0 Å². The first-order chi connectivity index (χ1) is 7.36.